The SMILES string of the molecule is Cc1ccc(S(=O)(=O)N2CCN(C(=O)c3nn(CC(C)C)c(=O)c4ccccc34)CC2)c(C)c1. The maximum Gasteiger partial charge on any atom is 0.275 e. The highest BCUT2D eigenvalue weighted by Gasteiger charge is 2.32. The molecule has 0 aliphatic carbocycles. The first-order chi connectivity index (χ1) is 16.1. The molecular formula is C25H30N4O4S. The van der Waals surface area contributed by atoms with Gasteiger partial charge in [0.1, 0.15) is 0 Å². The summed E-state index contributed by atoms with van der Waals surface area (Å²) in [5, 5.41) is 5.40. The van der Waals surface area contributed by atoms with Gasteiger partial charge in [-0.25, -0.2) is 13.1 Å². The predicted octanol–water partition coefficient (Wildman–Crippen LogP) is 2.82. The number of rotatable bonds is 5. The van der Waals surface area contributed by atoms with Crippen LogP contribution in [-0.2, 0) is 16.6 Å². The number of hydrogen-bond donors (Lipinski definition) is 0. The second kappa shape index (κ2) is 9.31. The van der Waals surface area contributed by atoms with Gasteiger partial charge < -0.3 is 4.90 Å². The Bertz CT molecular complexity index is 1400. The molecule has 2 heterocycles. The monoisotopic (exact) mass is 482 g/mol. The van der Waals surface area contributed by atoms with Gasteiger partial charge in [0.2, 0.25) is 10.0 Å². The van der Waals surface area contributed by atoms with Gasteiger partial charge in [0, 0.05) is 38.1 Å². The molecule has 0 radical (unpaired) electrons. The number of carbonyl (C=O) groups excluding carboxylic acids is 1. The Kier molecular flexibility index (Phi) is 6.60. The summed E-state index contributed by atoms with van der Waals surface area (Å²) >= 11 is 0. The van der Waals surface area contributed by atoms with Crippen LogP contribution in [-0.4, -0.2) is 59.5 Å². The van der Waals surface area contributed by atoms with Crippen LogP contribution in [0.25, 0.3) is 10.8 Å². The molecule has 4 rings (SSSR count). The van der Waals surface area contributed by atoms with Gasteiger partial charge >= 0.3 is 0 Å². The van der Waals surface area contributed by atoms with Crippen LogP contribution in [0.3, 0.4) is 0 Å². The van der Waals surface area contributed by atoms with E-state index in [9.17, 15) is 18.0 Å². The Labute approximate surface area is 199 Å². The van der Waals surface area contributed by atoms with Crippen molar-refractivity contribution >= 4 is 26.7 Å². The smallest absolute Gasteiger partial charge is 0.275 e. The van der Waals surface area contributed by atoms with Gasteiger partial charge in [0.05, 0.1) is 10.3 Å². The average molecular weight is 483 g/mol. The Morgan fingerprint density at radius 2 is 1.65 bits per heavy atom. The largest absolute Gasteiger partial charge is 0.335 e. The molecule has 0 unspecified atom stereocenters. The number of carbonyl (C=O) groups is 1. The Hall–Kier alpha value is -3.04. The molecular weight excluding hydrogens is 452 g/mol. The Morgan fingerprint density at radius 1 is 1.00 bits per heavy atom. The van der Waals surface area contributed by atoms with Crippen LogP contribution in [0.1, 0.15) is 35.5 Å². The standard InChI is InChI=1S/C25H30N4O4S/c1-17(2)16-29-24(30)21-8-6-5-7-20(21)23(26-29)25(31)27-11-13-28(14-12-27)34(32,33)22-10-9-18(3)15-19(22)4/h5-10,15,17H,11-14,16H2,1-4H3. The van der Waals surface area contributed by atoms with Crippen LogP contribution in [0.5, 0.6) is 0 Å². The number of fused-ring (bicyclic) bond motifs is 1. The quantitative estimate of drug-likeness (QED) is 0.558. The number of nitrogens with zero attached hydrogens (tertiary/aromatic N) is 4. The van der Waals surface area contributed by atoms with E-state index in [0.717, 1.165) is 5.56 Å². The lowest BCUT2D eigenvalue weighted by atomic mass is 10.1. The van der Waals surface area contributed by atoms with Gasteiger partial charge in [-0.1, -0.05) is 49.7 Å². The molecule has 8 nitrogen and oxygen atoms in total. The molecule has 0 saturated carbocycles. The fourth-order valence-corrected chi connectivity index (χ4v) is 6.00. The number of aryl methyl sites for hydroxylation is 2. The summed E-state index contributed by atoms with van der Waals surface area (Å²) in [5.74, 6) is -0.106. The van der Waals surface area contributed by atoms with E-state index in [1.165, 1.54) is 8.99 Å². The highest BCUT2D eigenvalue weighted by Crippen LogP contribution is 2.23. The van der Waals surface area contributed by atoms with E-state index in [1.807, 2.05) is 26.8 Å². The number of piperazine rings is 1. The minimum absolute atomic E-state index is 0.188. The summed E-state index contributed by atoms with van der Waals surface area (Å²) in [5.41, 5.74) is 1.72. The van der Waals surface area contributed by atoms with E-state index in [2.05, 4.69) is 5.10 Å². The molecule has 0 bridgehead atoms. The minimum Gasteiger partial charge on any atom is -0.335 e. The van der Waals surface area contributed by atoms with Gasteiger partial charge in [-0.05, 0) is 37.5 Å². The molecule has 34 heavy (non-hydrogen) atoms. The van der Waals surface area contributed by atoms with Crippen LogP contribution in [0.2, 0.25) is 0 Å². The molecule has 2 aromatic carbocycles. The summed E-state index contributed by atoms with van der Waals surface area (Å²) in [7, 11) is -3.65. The summed E-state index contributed by atoms with van der Waals surface area (Å²) in [6.45, 7) is 9.01. The molecule has 0 spiro atoms. The summed E-state index contributed by atoms with van der Waals surface area (Å²) in [6, 6.07) is 12.3. The fraction of sp³-hybridized carbons (Fsp3) is 0.400. The number of benzene rings is 2. The number of hydrogen-bond acceptors (Lipinski definition) is 5. The van der Waals surface area contributed by atoms with Crippen molar-refractivity contribution in [2.45, 2.75) is 39.1 Å². The van der Waals surface area contributed by atoms with Crippen LogP contribution >= 0.6 is 0 Å². The first-order valence-corrected chi connectivity index (χ1v) is 12.9. The first-order valence-electron chi connectivity index (χ1n) is 11.5. The van der Waals surface area contributed by atoms with E-state index < -0.39 is 10.0 Å². The van der Waals surface area contributed by atoms with Crippen LogP contribution in [0, 0.1) is 19.8 Å². The summed E-state index contributed by atoms with van der Waals surface area (Å²) in [4.78, 5) is 28.2. The van der Waals surface area contributed by atoms with Crippen LogP contribution < -0.4 is 5.56 Å². The zero-order chi connectivity index (χ0) is 24.6. The van der Waals surface area contributed by atoms with Crippen molar-refractivity contribution in [2.75, 3.05) is 26.2 Å². The molecule has 180 valence electrons. The number of amides is 1. The molecule has 9 heteroatoms. The summed E-state index contributed by atoms with van der Waals surface area (Å²) in [6.07, 6.45) is 0. The molecule has 1 fully saturated rings. The van der Waals surface area contributed by atoms with Crippen molar-refractivity contribution in [1.29, 1.82) is 0 Å². The van der Waals surface area contributed by atoms with Gasteiger partial charge in [-0.15, -0.1) is 0 Å². The lowest BCUT2D eigenvalue weighted by Crippen LogP contribution is -2.51. The van der Waals surface area contributed by atoms with Crippen molar-refractivity contribution < 1.29 is 13.2 Å². The fourth-order valence-electron chi connectivity index (χ4n) is 4.37. The van der Waals surface area contributed by atoms with Crippen molar-refractivity contribution in [3.05, 3.63) is 69.6 Å². The molecule has 0 N–H and O–H groups in total. The van der Waals surface area contributed by atoms with Crippen molar-refractivity contribution in [1.82, 2.24) is 19.0 Å². The van der Waals surface area contributed by atoms with Crippen molar-refractivity contribution in [2.24, 2.45) is 5.92 Å². The Balaban J connectivity index is 1.59. The summed E-state index contributed by atoms with van der Waals surface area (Å²) < 4.78 is 29.2. The van der Waals surface area contributed by atoms with Gasteiger partial charge in [0.25, 0.3) is 11.5 Å². The lowest BCUT2D eigenvalue weighted by Gasteiger charge is -2.34. The molecule has 1 aromatic heterocycles. The third-order valence-electron chi connectivity index (χ3n) is 6.08. The van der Waals surface area contributed by atoms with Crippen LogP contribution in [0.15, 0.2) is 52.2 Å². The maximum atomic E-state index is 13.5. The van der Waals surface area contributed by atoms with Crippen molar-refractivity contribution in [3.8, 4) is 0 Å². The normalized spacial score (nSPS) is 15.3. The molecule has 3 aromatic rings. The zero-order valence-corrected chi connectivity index (χ0v) is 20.8. The van der Waals surface area contributed by atoms with Crippen molar-refractivity contribution in [3.63, 3.8) is 0 Å². The number of aromatic nitrogens is 2. The van der Waals surface area contributed by atoms with Gasteiger partial charge in [-0.2, -0.15) is 9.40 Å². The van der Waals surface area contributed by atoms with E-state index in [-0.39, 0.29) is 49.3 Å². The minimum atomic E-state index is -3.65. The molecule has 1 aliphatic rings. The van der Waals surface area contributed by atoms with E-state index >= 15 is 0 Å². The predicted molar refractivity (Wildman–Crippen MR) is 131 cm³/mol. The average Bonchev–Trinajstić information content (AvgIpc) is 2.80. The maximum absolute atomic E-state index is 13.5. The third-order valence-corrected chi connectivity index (χ3v) is 8.14. The van der Waals surface area contributed by atoms with Gasteiger partial charge in [-0.3, -0.25) is 9.59 Å². The zero-order valence-electron chi connectivity index (χ0n) is 20.0. The molecule has 1 aliphatic heterocycles. The number of sulfonamides is 1. The lowest BCUT2D eigenvalue weighted by molar-refractivity contribution is 0.0691. The third kappa shape index (κ3) is 4.50. The van der Waals surface area contributed by atoms with E-state index in [0.29, 0.717) is 27.8 Å². The highest BCUT2D eigenvalue weighted by atomic mass is 32.2. The molecule has 1 amide bonds. The van der Waals surface area contributed by atoms with E-state index in [1.54, 1.807) is 48.2 Å². The van der Waals surface area contributed by atoms with Crippen LogP contribution in [0.4, 0.5) is 0 Å². The van der Waals surface area contributed by atoms with Gasteiger partial charge in [0.15, 0.2) is 5.69 Å². The second-order valence-corrected chi connectivity index (χ2v) is 11.1. The topological polar surface area (TPSA) is 92.6 Å². The first kappa shape index (κ1) is 24.1. The molecule has 0 atom stereocenters. The Morgan fingerprint density at radius 3 is 2.26 bits per heavy atom. The second-order valence-electron chi connectivity index (χ2n) is 9.24. The highest BCUT2D eigenvalue weighted by molar-refractivity contribution is 7.89. The van der Waals surface area contributed by atoms with E-state index in [4.69, 9.17) is 0 Å². The molecule has 1 saturated heterocycles.